The third kappa shape index (κ3) is 4.30. The van der Waals surface area contributed by atoms with Crippen LogP contribution in [0.1, 0.15) is 15.2 Å². The summed E-state index contributed by atoms with van der Waals surface area (Å²) in [5.41, 5.74) is 1.92. The normalized spacial score (nSPS) is 11.1. The van der Waals surface area contributed by atoms with Crippen LogP contribution in [-0.4, -0.2) is 22.0 Å². The van der Waals surface area contributed by atoms with Crippen molar-refractivity contribution in [2.75, 3.05) is 0 Å². The highest BCUT2D eigenvalue weighted by Crippen LogP contribution is 2.42. The van der Waals surface area contributed by atoms with Crippen LogP contribution in [0.5, 0.6) is 11.5 Å². The van der Waals surface area contributed by atoms with E-state index in [1.54, 1.807) is 66.7 Å². The topological polar surface area (TPSA) is 83.8 Å². The molecule has 0 amide bonds. The Hall–Kier alpha value is -3.61. The molecule has 0 atom stereocenters. The van der Waals surface area contributed by atoms with Gasteiger partial charge in [0.15, 0.2) is 0 Å². The Labute approximate surface area is 186 Å². The molecule has 31 heavy (non-hydrogen) atoms. The van der Waals surface area contributed by atoms with Gasteiger partial charge in [-0.25, -0.2) is 4.79 Å². The predicted molar refractivity (Wildman–Crippen MR) is 121 cm³/mol. The number of carbonyl (C=O) groups excluding carboxylic acids is 1. The molecule has 4 rings (SSSR count). The Morgan fingerprint density at radius 3 is 2.45 bits per heavy atom. The zero-order valence-electron chi connectivity index (χ0n) is 15.9. The largest absolute Gasteiger partial charge is 0.508 e. The summed E-state index contributed by atoms with van der Waals surface area (Å²) in [6, 6.07) is 18.8. The van der Waals surface area contributed by atoms with E-state index < -0.39 is 5.97 Å². The van der Waals surface area contributed by atoms with Gasteiger partial charge < -0.3 is 14.9 Å². The lowest BCUT2D eigenvalue weighted by molar-refractivity contribution is -0.131. The first kappa shape index (κ1) is 20.7. The van der Waals surface area contributed by atoms with Crippen molar-refractivity contribution in [3.8, 4) is 22.6 Å². The van der Waals surface area contributed by atoms with Crippen molar-refractivity contribution in [1.82, 2.24) is 0 Å². The molecule has 0 aliphatic carbocycles. The molecule has 1 aromatic heterocycles. The molecule has 7 heteroatoms. The first-order valence-electron chi connectivity index (χ1n) is 9.15. The number of ether oxygens (including phenoxy) is 1. The molecule has 5 nitrogen and oxygen atoms in total. The van der Waals surface area contributed by atoms with Gasteiger partial charge in [-0.3, -0.25) is 4.79 Å². The van der Waals surface area contributed by atoms with Crippen LogP contribution in [0, 0.1) is 0 Å². The second-order valence-corrected chi connectivity index (χ2v) is 8.04. The van der Waals surface area contributed by atoms with E-state index in [1.807, 2.05) is 0 Å². The molecule has 1 heterocycles. The summed E-state index contributed by atoms with van der Waals surface area (Å²) in [4.78, 5) is 24.4. The van der Waals surface area contributed by atoms with Crippen molar-refractivity contribution in [2.24, 2.45) is 0 Å². The lowest BCUT2D eigenvalue weighted by Crippen LogP contribution is -2.01. The summed E-state index contributed by atoms with van der Waals surface area (Å²) in [6.07, 6.45) is 1.99. The van der Waals surface area contributed by atoms with Gasteiger partial charge in [-0.15, -0.1) is 11.3 Å². The molecule has 0 spiro atoms. The number of carboxylic acid groups (broad SMARTS) is 1. The molecule has 4 aromatic rings. The van der Waals surface area contributed by atoms with Gasteiger partial charge in [0.05, 0.1) is 22.2 Å². The van der Waals surface area contributed by atoms with Crippen molar-refractivity contribution in [3.05, 3.63) is 94.5 Å². The monoisotopic (exact) mass is 450 g/mol. The molecule has 0 radical (unpaired) electrons. The van der Waals surface area contributed by atoms with Crippen LogP contribution in [0.3, 0.4) is 0 Å². The minimum absolute atomic E-state index is 0.117. The Morgan fingerprint density at radius 2 is 1.74 bits per heavy atom. The third-order valence-electron chi connectivity index (χ3n) is 4.56. The number of carboxylic acids is 1. The maximum absolute atomic E-state index is 13.4. The molecule has 0 aliphatic rings. The quantitative estimate of drug-likeness (QED) is 0.209. The second-order valence-electron chi connectivity index (χ2n) is 6.58. The number of ketones is 1. The van der Waals surface area contributed by atoms with Gasteiger partial charge in [0.1, 0.15) is 11.5 Å². The Bertz CT molecular complexity index is 1320. The lowest BCUT2D eigenvalue weighted by Gasteiger charge is -2.07. The van der Waals surface area contributed by atoms with Gasteiger partial charge in [-0.05, 0) is 48.0 Å². The number of hydrogen-bond acceptors (Lipinski definition) is 5. The molecule has 2 N–H and O–H groups in total. The molecule has 0 fully saturated rings. The molecule has 0 aliphatic heterocycles. The number of thiophene rings is 1. The number of phenols is 1. The maximum Gasteiger partial charge on any atom is 0.331 e. The van der Waals surface area contributed by atoms with Crippen LogP contribution < -0.4 is 4.74 Å². The SMILES string of the molecule is O=C(O)/C=C/Oc1ccc(-c2c(C(=O)c3ccccc3Cl)sc3cc(O)ccc23)cc1. The van der Waals surface area contributed by atoms with Gasteiger partial charge in [0.25, 0.3) is 0 Å². The summed E-state index contributed by atoms with van der Waals surface area (Å²) in [7, 11) is 0. The van der Waals surface area contributed by atoms with Gasteiger partial charge >= 0.3 is 5.97 Å². The highest BCUT2D eigenvalue weighted by Gasteiger charge is 2.22. The van der Waals surface area contributed by atoms with Gasteiger partial charge in [0.2, 0.25) is 5.78 Å². The fraction of sp³-hybridized carbons (Fsp3) is 0. The Balaban J connectivity index is 1.81. The van der Waals surface area contributed by atoms with Crippen molar-refractivity contribution in [2.45, 2.75) is 0 Å². The van der Waals surface area contributed by atoms with Crippen LogP contribution >= 0.6 is 22.9 Å². The van der Waals surface area contributed by atoms with Crippen molar-refractivity contribution in [1.29, 1.82) is 0 Å². The number of halogens is 1. The molecule has 0 unspecified atom stereocenters. The average Bonchev–Trinajstić information content (AvgIpc) is 3.12. The number of rotatable bonds is 6. The Morgan fingerprint density at radius 1 is 1.00 bits per heavy atom. The minimum Gasteiger partial charge on any atom is -0.508 e. The number of aromatic hydroxyl groups is 1. The van der Waals surface area contributed by atoms with Crippen molar-refractivity contribution < 1.29 is 24.5 Å². The van der Waals surface area contributed by atoms with E-state index in [0.717, 1.165) is 33.6 Å². The summed E-state index contributed by atoms with van der Waals surface area (Å²) in [5, 5.41) is 19.7. The number of fused-ring (bicyclic) bond motifs is 1. The molecular weight excluding hydrogens is 436 g/mol. The number of carbonyl (C=O) groups is 2. The van der Waals surface area contributed by atoms with E-state index >= 15 is 0 Å². The van der Waals surface area contributed by atoms with Gasteiger partial charge in [0, 0.05) is 21.2 Å². The van der Waals surface area contributed by atoms with Gasteiger partial charge in [-0.2, -0.15) is 0 Å². The second kappa shape index (κ2) is 8.63. The number of benzene rings is 3. The highest BCUT2D eigenvalue weighted by molar-refractivity contribution is 7.21. The summed E-state index contributed by atoms with van der Waals surface area (Å²) in [6.45, 7) is 0. The van der Waals surface area contributed by atoms with Crippen molar-refractivity contribution in [3.63, 3.8) is 0 Å². The fourth-order valence-electron chi connectivity index (χ4n) is 3.17. The summed E-state index contributed by atoms with van der Waals surface area (Å²) in [5.74, 6) is -0.734. The van der Waals surface area contributed by atoms with E-state index in [2.05, 4.69) is 0 Å². The lowest BCUT2D eigenvalue weighted by atomic mass is 9.98. The zero-order chi connectivity index (χ0) is 22.0. The number of phenolic OH excluding ortho intramolecular Hbond substituents is 1. The molecule has 0 saturated heterocycles. The molecular formula is C24H15ClO5S. The molecule has 3 aromatic carbocycles. The molecule has 0 saturated carbocycles. The van der Waals surface area contributed by atoms with Crippen LogP contribution in [-0.2, 0) is 4.79 Å². The summed E-state index contributed by atoms with van der Waals surface area (Å²) < 4.78 is 6.05. The highest BCUT2D eigenvalue weighted by atomic mass is 35.5. The van der Waals surface area contributed by atoms with E-state index in [9.17, 15) is 14.7 Å². The van der Waals surface area contributed by atoms with Crippen LogP contribution in [0.15, 0.2) is 79.1 Å². The number of aliphatic carboxylic acids is 1. The first-order chi connectivity index (χ1) is 14.9. The summed E-state index contributed by atoms with van der Waals surface area (Å²) >= 11 is 7.55. The van der Waals surface area contributed by atoms with Crippen LogP contribution in [0.4, 0.5) is 0 Å². The average molecular weight is 451 g/mol. The maximum atomic E-state index is 13.4. The standard InChI is InChI=1S/C24H15ClO5S/c25-19-4-2-1-3-17(19)23(29)24-22(18-10-7-15(26)13-20(18)31-24)14-5-8-16(9-6-14)30-12-11-21(27)28/h1-13,26H,(H,27,28)/b12-11+. The van der Waals surface area contributed by atoms with E-state index in [4.69, 9.17) is 21.4 Å². The fourth-order valence-corrected chi connectivity index (χ4v) is 4.60. The van der Waals surface area contributed by atoms with Gasteiger partial charge in [-0.1, -0.05) is 35.9 Å². The first-order valence-corrected chi connectivity index (χ1v) is 10.3. The number of hydrogen-bond donors (Lipinski definition) is 2. The van der Waals surface area contributed by atoms with E-state index in [1.165, 1.54) is 11.3 Å². The van der Waals surface area contributed by atoms with Crippen molar-refractivity contribution >= 4 is 44.8 Å². The van der Waals surface area contributed by atoms with Crippen LogP contribution in [0.2, 0.25) is 5.02 Å². The Kier molecular flexibility index (Phi) is 5.75. The predicted octanol–water partition coefficient (Wildman–Crippen LogP) is 6.14. The molecule has 154 valence electrons. The minimum atomic E-state index is -1.10. The third-order valence-corrected chi connectivity index (χ3v) is 6.04. The van der Waals surface area contributed by atoms with Crippen LogP contribution in [0.25, 0.3) is 21.2 Å². The van der Waals surface area contributed by atoms with E-state index in [0.29, 0.717) is 21.2 Å². The molecule has 0 bridgehead atoms. The zero-order valence-corrected chi connectivity index (χ0v) is 17.5. The van der Waals surface area contributed by atoms with E-state index in [-0.39, 0.29) is 11.5 Å². The smallest absolute Gasteiger partial charge is 0.331 e.